The van der Waals surface area contributed by atoms with E-state index in [1.165, 1.54) is 0 Å². The molecule has 3 amide bonds. The number of imide groups is 1. The molecule has 130 valence electrons. The van der Waals surface area contributed by atoms with Crippen LogP contribution in [-0.4, -0.2) is 87.8 Å². The van der Waals surface area contributed by atoms with E-state index in [1.807, 2.05) is 40.0 Å². The molecule has 0 aliphatic carbocycles. The van der Waals surface area contributed by atoms with Gasteiger partial charge in [0.15, 0.2) is 0 Å². The third-order valence-electron chi connectivity index (χ3n) is 2.94. The first kappa shape index (κ1) is 20.7. The van der Waals surface area contributed by atoms with E-state index >= 15 is 0 Å². The minimum Gasteiger partial charge on any atom is -0.449 e. The summed E-state index contributed by atoms with van der Waals surface area (Å²) in [6.45, 7) is 4.86. The molecule has 0 bridgehead atoms. The summed E-state index contributed by atoms with van der Waals surface area (Å²) in [5.41, 5.74) is 0. The van der Waals surface area contributed by atoms with E-state index in [9.17, 15) is 9.59 Å². The highest BCUT2D eigenvalue weighted by atomic mass is 16.6. The Bertz CT molecular complexity index is 322. The zero-order valence-electron chi connectivity index (χ0n) is 14.7. The lowest BCUT2D eigenvalue weighted by molar-refractivity contribution is 0.108. The van der Waals surface area contributed by atoms with Crippen molar-refractivity contribution in [3.63, 3.8) is 0 Å². The summed E-state index contributed by atoms with van der Waals surface area (Å²) in [5, 5.41) is 2.78. The Labute approximate surface area is 134 Å². The van der Waals surface area contributed by atoms with Crippen molar-refractivity contribution >= 4 is 12.1 Å². The van der Waals surface area contributed by atoms with Crippen molar-refractivity contribution in [2.75, 3.05) is 61.0 Å². The van der Waals surface area contributed by atoms with Crippen molar-refractivity contribution in [2.45, 2.75) is 26.2 Å². The number of ether oxygens (including phenoxy) is 1. The molecule has 1 N–H and O–H groups in total. The molecule has 0 heterocycles. The van der Waals surface area contributed by atoms with E-state index in [1.54, 1.807) is 0 Å². The Kier molecular flexibility index (Phi) is 11.5. The lowest BCUT2D eigenvalue weighted by Crippen LogP contribution is -2.45. The lowest BCUT2D eigenvalue weighted by Gasteiger charge is -2.22. The number of amides is 3. The highest BCUT2D eigenvalue weighted by Gasteiger charge is 2.22. The number of rotatable bonds is 10. The third kappa shape index (κ3) is 10.4. The molecule has 0 spiro atoms. The van der Waals surface area contributed by atoms with Crippen LogP contribution in [0, 0.1) is 0 Å². The van der Waals surface area contributed by atoms with Crippen molar-refractivity contribution in [1.82, 2.24) is 20.0 Å². The average molecular weight is 316 g/mol. The molecule has 0 aromatic carbocycles. The van der Waals surface area contributed by atoms with Gasteiger partial charge in [-0.1, -0.05) is 6.92 Å². The molecule has 7 heteroatoms. The molecule has 0 radical (unpaired) electrons. The van der Waals surface area contributed by atoms with Gasteiger partial charge in [-0.3, -0.25) is 0 Å². The van der Waals surface area contributed by atoms with Crippen LogP contribution in [0.15, 0.2) is 0 Å². The smallest absolute Gasteiger partial charge is 0.417 e. The number of urea groups is 1. The van der Waals surface area contributed by atoms with Gasteiger partial charge in [0.05, 0.1) is 6.61 Å². The summed E-state index contributed by atoms with van der Waals surface area (Å²) < 4.78 is 5.08. The molecule has 22 heavy (non-hydrogen) atoms. The van der Waals surface area contributed by atoms with Gasteiger partial charge in [-0.15, -0.1) is 0 Å². The molecule has 0 aliphatic rings. The molecule has 0 aromatic rings. The second-order valence-electron chi connectivity index (χ2n) is 5.81. The quantitative estimate of drug-likeness (QED) is 0.618. The Balaban J connectivity index is 4.34. The lowest BCUT2D eigenvalue weighted by atomic mass is 10.3. The van der Waals surface area contributed by atoms with Crippen molar-refractivity contribution in [2.24, 2.45) is 0 Å². The second kappa shape index (κ2) is 12.2. The monoisotopic (exact) mass is 316 g/mol. The van der Waals surface area contributed by atoms with E-state index in [2.05, 4.69) is 10.2 Å². The van der Waals surface area contributed by atoms with Crippen LogP contribution >= 0.6 is 0 Å². The summed E-state index contributed by atoms with van der Waals surface area (Å²) in [7, 11) is 7.89. The zero-order chi connectivity index (χ0) is 17.0. The summed E-state index contributed by atoms with van der Waals surface area (Å²) in [6.07, 6.45) is 1.74. The van der Waals surface area contributed by atoms with Crippen molar-refractivity contribution < 1.29 is 14.3 Å². The van der Waals surface area contributed by atoms with E-state index in [0.717, 1.165) is 37.3 Å². The van der Waals surface area contributed by atoms with E-state index in [-0.39, 0.29) is 6.03 Å². The summed E-state index contributed by atoms with van der Waals surface area (Å²) in [6, 6.07) is -0.376. The van der Waals surface area contributed by atoms with Gasteiger partial charge in [-0.25, -0.2) is 14.5 Å². The minimum absolute atomic E-state index is 0.330. The van der Waals surface area contributed by atoms with Crippen LogP contribution in [-0.2, 0) is 4.74 Å². The maximum absolute atomic E-state index is 12.2. The molecule has 0 fully saturated rings. The largest absolute Gasteiger partial charge is 0.449 e. The summed E-state index contributed by atoms with van der Waals surface area (Å²) in [5.74, 6) is 0. The maximum atomic E-state index is 12.2. The average Bonchev–Trinajstić information content (AvgIpc) is 2.44. The first-order valence-electron chi connectivity index (χ1n) is 7.90. The van der Waals surface area contributed by atoms with Gasteiger partial charge in [0, 0.05) is 13.1 Å². The fraction of sp³-hybridized carbons (Fsp3) is 0.867. The van der Waals surface area contributed by atoms with Crippen LogP contribution in [0.4, 0.5) is 9.59 Å². The molecule has 0 saturated heterocycles. The normalized spacial score (nSPS) is 10.9. The van der Waals surface area contributed by atoms with Crippen LogP contribution in [0.1, 0.15) is 26.2 Å². The first-order chi connectivity index (χ1) is 10.4. The van der Waals surface area contributed by atoms with Crippen molar-refractivity contribution in [1.29, 1.82) is 0 Å². The molecule has 0 unspecified atom stereocenters. The fourth-order valence-corrected chi connectivity index (χ4v) is 1.77. The molecular weight excluding hydrogens is 284 g/mol. The number of carbonyl (C=O) groups excluding carboxylic acids is 2. The SMILES string of the molecule is CCCOC(=O)N(CCCN(C)C)C(=O)NCCCN(C)C. The molecule has 0 aromatic heterocycles. The van der Waals surface area contributed by atoms with E-state index in [4.69, 9.17) is 4.74 Å². The highest BCUT2D eigenvalue weighted by Crippen LogP contribution is 2.00. The molecule has 7 nitrogen and oxygen atoms in total. The summed E-state index contributed by atoms with van der Waals surface area (Å²) in [4.78, 5) is 29.4. The standard InChI is InChI=1S/C15H32N4O3/c1-6-13-22-15(21)19(12-8-11-18(4)5)14(20)16-9-7-10-17(2)3/h6-13H2,1-5H3,(H,16,20). The zero-order valence-corrected chi connectivity index (χ0v) is 14.7. The fourth-order valence-electron chi connectivity index (χ4n) is 1.77. The molecular formula is C15H32N4O3. The third-order valence-corrected chi connectivity index (χ3v) is 2.94. The van der Waals surface area contributed by atoms with Gasteiger partial charge in [-0.05, 0) is 60.5 Å². The highest BCUT2D eigenvalue weighted by molar-refractivity contribution is 5.90. The Morgan fingerprint density at radius 1 is 0.955 bits per heavy atom. The van der Waals surface area contributed by atoms with Gasteiger partial charge >= 0.3 is 12.1 Å². The van der Waals surface area contributed by atoms with E-state index < -0.39 is 6.09 Å². The van der Waals surface area contributed by atoms with Crippen molar-refractivity contribution in [3.8, 4) is 0 Å². The Morgan fingerprint density at radius 2 is 1.55 bits per heavy atom. The minimum atomic E-state index is -0.564. The predicted octanol–water partition coefficient (Wildman–Crippen LogP) is 1.45. The van der Waals surface area contributed by atoms with Gasteiger partial charge in [0.2, 0.25) is 0 Å². The summed E-state index contributed by atoms with van der Waals surface area (Å²) >= 11 is 0. The molecule has 0 rings (SSSR count). The molecule has 0 aliphatic heterocycles. The number of nitrogens with zero attached hydrogens (tertiary/aromatic N) is 3. The van der Waals surface area contributed by atoms with Crippen molar-refractivity contribution in [3.05, 3.63) is 0 Å². The van der Waals surface area contributed by atoms with E-state index in [0.29, 0.717) is 19.7 Å². The van der Waals surface area contributed by atoms with Gasteiger partial charge < -0.3 is 19.9 Å². The van der Waals surface area contributed by atoms with Crippen LogP contribution in [0.5, 0.6) is 0 Å². The Hall–Kier alpha value is -1.34. The van der Waals surface area contributed by atoms with Crippen LogP contribution in [0.2, 0.25) is 0 Å². The van der Waals surface area contributed by atoms with Gasteiger partial charge in [0.25, 0.3) is 0 Å². The topological polar surface area (TPSA) is 65.1 Å². The maximum Gasteiger partial charge on any atom is 0.417 e. The molecule has 0 atom stereocenters. The number of carbonyl (C=O) groups is 2. The number of nitrogens with one attached hydrogen (secondary N) is 1. The predicted molar refractivity (Wildman–Crippen MR) is 88.1 cm³/mol. The van der Waals surface area contributed by atoms with Gasteiger partial charge in [-0.2, -0.15) is 0 Å². The molecule has 0 saturated carbocycles. The second-order valence-corrected chi connectivity index (χ2v) is 5.81. The Morgan fingerprint density at radius 3 is 2.09 bits per heavy atom. The number of hydrogen-bond acceptors (Lipinski definition) is 5. The van der Waals surface area contributed by atoms with Crippen LogP contribution in [0.3, 0.4) is 0 Å². The van der Waals surface area contributed by atoms with Crippen LogP contribution < -0.4 is 5.32 Å². The van der Waals surface area contributed by atoms with Crippen LogP contribution in [0.25, 0.3) is 0 Å². The first-order valence-corrected chi connectivity index (χ1v) is 7.90. The number of hydrogen-bond donors (Lipinski definition) is 1. The van der Waals surface area contributed by atoms with Gasteiger partial charge in [0.1, 0.15) is 0 Å².